The zero-order valence-corrected chi connectivity index (χ0v) is 16.1. The summed E-state index contributed by atoms with van der Waals surface area (Å²) in [7, 11) is 0. The second kappa shape index (κ2) is 5.81. The maximum absolute atomic E-state index is 3.84. The Morgan fingerprint density at radius 2 is 1.68 bits per heavy atom. The smallest absolute Gasteiger partial charge is 0.0410 e. The summed E-state index contributed by atoms with van der Waals surface area (Å²) in [4.78, 5) is 1.52. The first-order chi connectivity index (χ1) is 12.1. The molecule has 0 bridgehead atoms. The molecule has 25 heavy (non-hydrogen) atoms. The van der Waals surface area contributed by atoms with E-state index in [0.29, 0.717) is 17.9 Å². The molecule has 1 saturated carbocycles. The van der Waals surface area contributed by atoms with E-state index in [1.807, 2.05) is 0 Å². The Labute approximate surface area is 155 Å². The van der Waals surface area contributed by atoms with Crippen molar-refractivity contribution in [1.82, 2.24) is 0 Å². The molecule has 1 nitrogen and oxygen atoms in total. The average Bonchev–Trinajstić information content (AvgIpc) is 3.11. The van der Waals surface area contributed by atoms with Gasteiger partial charge in [-0.1, -0.05) is 50.2 Å². The first kappa shape index (κ1) is 15.8. The molecule has 2 aliphatic heterocycles. The van der Waals surface area contributed by atoms with E-state index >= 15 is 0 Å². The fourth-order valence-corrected chi connectivity index (χ4v) is 7.21. The van der Waals surface area contributed by atoms with Gasteiger partial charge in [0.25, 0.3) is 0 Å². The van der Waals surface area contributed by atoms with Gasteiger partial charge in [-0.05, 0) is 60.3 Å². The number of para-hydroxylation sites is 1. The summed E-state index contributed by atoms with van der Waals surface area (Å²) in [6.07, 6.45) is 2.46. The summed E-state index contributed by atoms with van der Waals surface area (Å²) >= 11 is 2.13. The number of nitrogens with one attached hydrogen (secondary N) is 1. The molecular formula is C23H27NS. The highest BCUT2D eigenvalue weighted by Gasteiger charge is 2.52. The Balaban J connectivity index is 1.65. The van der Waals surface area contributed by atoms with Gasteiger partial charge in [-0.25, -0.2) is 0 Å². The lowest BCUT2D eigenvalue weighted by molar-refractivity contribution is 0.421. The molecule has 130 valence electrons. The van der Waals surface area contributed by atoms with Crippen molar-refractivity contribution in [3.63, 3.8) is 0 Å². The van der Waals surface area contributed by atoms with Gasteiger partial charge < -0.3 is 5.32 Å². The standard InChI is InChI=1S/C23H27NS/c1-13-11-12-16-7-6-9-18(22(16)24-13)20-14(2)15(3)23-21(20)17-8-4-5-10-19(17)25-23/h4-10,13-15,20-21,23-24H,11-12H2,1-3H3. The normalized spacial score (nSPS) is 35.6. The van der Waals surface area contributed by atoms with Gasteiger partial charge in [-0.3, -0.25) is 0 Å². The van der Waals surface area contributed by atoms with Crippen LogP contribution >= 0.6 is 11.8 Å². The summed E-state index contributed by atoms with van der Waals surface area (Å²) < 4.78 is 0. The quantitative estimate of drug-likeness (QED) is 0.671. The molecule has 0 saturated heterocycles. The summed E-state index contributed by atoms with van der Waals surface area (Å²) in [5.41, 5.74) is 6.16. The van der Waals surface area contributed by atoms with Gasteiger partial charge in [0.15, 0.2) is 0 Å². The van der Waals surface area contributed by atoms with Crippen LogP contribution in [0.4, 0.5) is 5.69 Å². The van der Waals surface area contributed by atoms with Crippen LogP contribution in [0.15, 0.2) is 47.4 Å². The second-order valence-corrected chi connectivity index (χ2v) is 9.58. The van der Waals surface area contributed by atoms with Crippen LogP contribution in [0, 0.1) is 11.8 Å². The van der Waals surface area contributed by atoms with E-state index in [9.17, 15) is 0 Å². The van der Waals surface area contributed by atoms with Crippen LogP contribution in [0.3, 0.4) is 0 Å². The number of rotatable bonds is 1. The van der Waals surface area contributed by atoms with Gasteiger partial charge in [-0.2, -0.15) is 0 Å². The number of benzene rings is 2. The molecule has 0 radical (unpaired) electrons. The van der Waals surface area contributed by atoms with Crippen LogP contribution in [-0.2, 0) is 6.42 Å². The maximum atomic E-state index is 3.84. The maximum Gasteiger partial charge on any atom is 0.0410 e. The second-order valence-electron chi connectivity index (χ2n) is 8.36. The van der Waals surface area contributed by atoms with Gasteiger partial charge in [-0.15, -0.1) is 11.8 Å². The van der Waals surface area contributed by atoms with Crippen molar-refractivity contribution in [3.05, 3.63) is 59.2 Å². The third kappa shape index (κ3) is 2.30. The van der Waals surface area contributed by atoms with Crippen LogP contribution in [0.1, 0.15) is 55.7 Å². The molecule has 2 heterocycles. The molecule has 0 amide bonds. The van der Waals surface area contributed by atoms with Crippen LogP contribution in [0.2, 0.25) is 0 Å². The molecule has 5 rings (SSSR count). The van der Waals surface area contributed by atoms with Crippen molar-refractivity contribution in [2.75, 3.05) is 5.32 Å². The van der Waals surface area contributed by atoms with E-state index < -0.39 is 0 Å². The molecule has 6 atom stereocenters. The molecule has 2 heteroatoms. The highest BCUT2D eigenvalue weighted by atomic mass is 32.2. The van der Waals surface area contributed by atoms with E-state index in [-0.39, 0.29) is 0 Å². The summed E-state index contributed by atoms with van der Waals surface area (Å²) in [5, 5.41) is 4.57. The van der Waals surface area contributed by atoms with Crippen LogP contribution < -0.4 is 5.32 Å². The molecule has 1 aliphatic carbocycles. The number of hydrogen-bond donors (Lipinski definition) is 1. The molecule has 3 aliphatic rings. The summed E-state index contributed by atoms with van der Waals surface area (Å²) in [5.74, 6) is 2.77. The predicted octanol–water partition coefficient (Wildman–Crippen LogP) is 6.06. The molecule has 2 aromatic carbocycles. The fraction of sp³-hybridized carbons (Fsp3) is 0.478. The third-order valence-electron chi connectivity index (χ3n) is 6.98. The van der Waals surface area contributed by atoms with Gasteiger partial charge in [0.05, 0.1) is 0 Å². The van der Waals surface area contributed by atoms with Gasteiger partial charge in [0.2, 0.25) is 0 Å². The van der Waals surface area contributed by atoms with E-state index in [1.54, 1.807) is 11.1 Å². The minimum absolute atomic E-state index is 0.587. The Kier molecular flexibility index (Phi) is 3.67. The first-order valence-electron chi connectivity index (χ1n) is 9.79. The van der Waals surface area contributed by atoms with E-state index in [0.717, 1.165) is 17.1 Å². The van der Waals surface area contributed by atoms with Crippen molar-refractivity contribution in [1.29, 1.82) is 0 Å². The largest absolute Gasteiger partial charge is 0.382 e. The number of anilines is 1. The number of thioether (sulfide) groups is 1. The lowest BCUT2D eigenvalue weighted by Crippen LogP contribution is -2.25. The fourth-order valence-electron chi connectivity index (χ4n) is 5.49. The topological polar surface area (TPSA) is 12.0 Å². The number of hydrogen-bond acceptors (Lipinski definition) is 2. The zero-order chi connectivity index (χ0) is 17.1. The Hall–Kier alpha value is -1.41. The van der Waals surface area contributed by atoms with Crippen molar-refractivity contribution >= 4 is 17.4 Å². The summed E-state index contributed by atoms with van der Waals surface area (Å²) in [6.45, 7) is 7.29. The first-order valence-corrected chi connectivity index (χ1v) is 10.7. The van der Waals surface area contributed by atoms with Crippen LogP contribution in [0.5, 0.6) is 0 Å². The Morgan fingerprint density at radius 1 is 0.880 bits per heavy atom. The highest BCUT2D eigenvalue weighted by Crippen LogP contribution is 2.64. The van der Waals surface area contributed by atoms with Crippen molar-refractivity contribution in [2.24, 2.45) is 11.8 Å². The molecular weight excluding hydrogens is 322 g/mol. The van der Waals surface area contributed by atoms with Crippen molar-refractivity contribution in [2.45, 2.75) is 61.6 Å². The molecule has 2 aromatic rings. The zero-order valence-electron chi connectivity index (χ0n) is 15.3. The van der Waals surface area contributed by atoms with Crippen molar-refractivity contribution < 1.29 is 0 Å². The molecule has 0 aromatic heterocycles. The van der Waals surface area contributed by atoms with Crippen LogP contribution in [0.25, 0.3) is 0 Å². The van der Waals surface area contributed by atoms with Crippen molar-refractivity contribution in [3.8, 4) is 0 Å². The minimum Gasteiger partial charge on any atom is -0.382 e. The highest BCUT2D eigenvalue weighted by molar-refractivity contribution is 8.00. The minimum atomic E-state index is 0.587. The van der Waals surface area contributed by atoms with Gasteiger partial charge in [0, 0.05) is 27.8 Å². The van der Waals surface area contributed by atoms with E-state index in [4.69, 9.17) is 0 Å². The lowest BCUT2D eigenvalue weighted by Gasteiger charge is -2.32. The SMILES string of the molecule is CC1CCc2cccc(C3C(C)C(C)C4Sc5ccccc5C43)c2N1. The Morgan fingerprint density at radius 3 is 2.56 bits per heavy atom. The Bertz CT molecular complexity index is 813. The molecule has 6 unspecified atom stereocenters. The van der Waals surface area contributed by atoms with E-state index in [2.05, 4.69) is 80.3 Å². The third-order valence-corrected chi connectivity index (χ3v) is 8.60. The molecule has 0 spiro atoms. The monoisotopic (exact) mass is 349 g/mol. The van der Waals surface area contributed by atoms with Crippen LogP contribution in [-0.4, -0.2) is 11.3 Å². The molecule has 1 fully saturated rings. The number of fused-ring (bicyclic) bond motifs is 4. The molecule has 1 N–H and O–H groups in total. The van der Waals surface area contributed by atoms with E-state index in [1.165, 1.54) is 29.0 Å². The number of aryl methyl sites for hydroxylation is 1. The van der Waals surface area contributed by atoms with Gasteiger partial charge in [0.1, 0.15) is 0 Å². The lowest BCUT2D eigenvalue weighted by atomic mass is 9.78. The predicted molar refractivity (Wildman–Crippen MR) is 108 cm³/mol. The average molecular weight is 350 g/mol. The summed E-state index contributed by atoms with van der Waals surface area (Å²) in [6, 6.07) is 16.8. The van der Waals surface area contributed by atoms with Gasteiger partial charge >= 0.3 is 0 Å².